The summed E-state index contributed by atoms with van der Waals surface area (Å²) in [6, 6.07) is 16.9. The van der Waals surface area contributed by atoms with Crippen LogP contribution in [0.15, 0.2) is 48.5 Å². The van der Waals surface area contributed by atoms with Gasteiger partial charge in [0.25, 0.3) is 0 Å². The Hall–Kier alpha value is -2.11. The van der Waals surface area contributed by atoms with Crippen LogP contribution < -0.4 is 15.4 Å². The Bertz CT molecular complexity index is 683. The van der Waals surface area contributed by atoms with Gasteiger partial charge >= 0.3 is 0 Å². The van der Waals surface area contributed by atoms with Gasteiger partial charge < -0.3 is 20.3 Å². The van der Waals surface area contributed by atoms with Crippen LogP contribution in [0, 0.1) is 0 Å². The van der Waals surface area contributed by atoms with E-state index in [0.29, 0.717) is 11.7 Å². The molecule has 26 heavy (non-hydrogen) atoms. The zero-order valence-electron chi connectivity index (χ0n) is 16.1. The van der Waals surface area contributed by atoms with E-state index in [0.717, 1.165) is 24.4 Å². The molecule has 0 spiro atoms. The average molecular weight is 372 g/mol. The fourth-order valence-corrected chi connectivity index (χ4v) is 2.94. The van der Waals surface area contributed by atoms with Crippen LogP contribution in [0.2, 0.25) is 0 Å². The summed E-state index contributed by atoms with van der Waals surface area (Å²) in [6.07, 6.45) is 1.06. The number of aryl methyl sites for hydroxylation is 1. The Kier molecular flexibility index (Phi) is 7.88. The molecule has 0 aliphatic rings. The zero-order chi connectivity index (χ0) is 18.9. The Morgan fingerprint density at radius 3 is 2.23 bits per heavy atom. The molecule has 0 unspecified atom stereocenters. The first kappa shape index (κ1) is 20.2. The topological polar surface area (TPSA) is 36.5 Å². The number of nitrogens with zero attached hydrogens (tertiary/aromatic N) is 1. The maximum absolute atomic E-state index is 5.45. The van der Waals surface area contributed by atoms with Gasteiger partial charge in [-0.3, -0.25) is 0 Å². The maximum Gasteiger partial charge on any atom is 0.170 e. The first-order valence-electron chi connectivity index (χ1n) is 9.06. The molecule has 0 bridgehead atoms. The third-order valence-corrected chi connectivity index (χ3v) is 4.52. The highest BCUT2D eigenvalue weighted by molar-refractivity contribution is 7.80. The Labute approximate surface area is 162 Å². The van der Waals surface area contributed by atoms with E-state index in [9.17, 15) is 0 Å². The quantitative estimate of drug-likeness (QED) is 0.679. The van der Waals surface area contributed by atoms with Crippen molar-refractivity contribution in [3.63, 3.8) is 0 Å². The number of thiocarbonyl (C=S) groups is 1. The lowest BCUT2D eigenvalue weighted by Gasteiger charge is -2.26. The average Bonchev–Trinajstić information content (AvgIpc) is 2.64. The van der Waals surface area contributed by atoms with Crippen LogP contribution in [0.5, 0.6) is 5.75 Å². The molecule has 2 N–H and O–H groups in total. The van der Waals surface area contributed by atoms with E-state index in [1.165, 1.54) is 11.1 Å². The third-order valence-electron chi connectivity index (χ3n) is 4.28. The molecule has 0 aliphatic heterocycles. The van der Waals surface area contributed by atoms with Gasteiger partial charge in [0.2, 0.25) is 0 Å². The first-order chi connectivity index (χ1) is 12.5. The molecule has 0 heterocycles. The van der Waals surface area contributed by atoms with Gasteiger partial charge in [0.15, 0.2) is 5.11 Å². The molecule has 0 aliphatic carbocycles. The van der Waals surface area contributed by atoms with E-state index < -0.39 is 0 Å². The highest BCUT2D eigenvalue weighted by atomic mass is 32.1. The van der Waals surface area contributed by atoms with E-state index in [4.69, 9.17) is 17.0 Å². The van der Waals surface area contributed by atoms with E-state index >= 15 is 0 Å². The van der Waals surface area contributed by atoms with Crippen molar-refractivity contribution in [2.45, 2.75) is 26.3 Å². The summed E-state index contributed by atoms with van der Waals surface area (Å²) in [5.74, 6) is 0.861. The predicted octanol–water partition coefficient (Wildman–Crippen LogP) is 4.24. The van der Waals surface area contributed by atoms with Crippen molar-refractivity contribution < 1.29 is 4.74 Å². The van der Waals surface area contributed by atoms with Crippen LogP contribution in [0.4, 0.5) is 5.69 Å². The molecule has 2 aromatic rings. The smallest absolute Gasteiger partial charge is 0.170 e. The maximum atomic E-state index is 5.45. The van der Waals surface area contributed by atoms with Crippen LogP contribution in [-0.2, 0) is 6.42 Å². The molecule has 140 valence electrons. The second-order valence-electron chi connectivity index (χ2n) is 6.37. The molecule has 0 fully saturated rings. The standard InChI is InChI=1S/C21H29N3OS/c1-5-16-7-9-17(10-8-16)20(24(3)4)15-22-21(26)23-18-11-13-19(14-12-18)25-6-2/h7-14,20H,5-6,15H2,1-4H3,(H2,22,23,26)/t20-/m0/s1. The summed E-state index contributed by atoms with van der Waals surface area (Å²) >= 11 is 5.44. The molecule has 0 aromatic heterocycles. The monoisotopic (exact) mass is 371 g/mol. The number of hydrogen-bond donors (Lipinski definition) is 2. The van der Waals surface area contributed by atoms with Crippen LogP contribution in [0.25, 0.3) is 0 Å². The molecular weight excluding hydrogens is 342 g/mol. The van der Waals surface area contributed by atoms with E-state index in [1.807, 2.05) is 31.2 Å². The normalized spacial score (nSPS) is 11.9. The minimum atomic E-state index is 0.251. The van der Waals surface area contributed by atoms with Gasteiger partial charge in [0, 0.05) is 12.2 Å². The lowest BCUT2D eigenvalue weighted by molar-refractivity contribution is 0.299. The summed E-state index contributed by atoms with van der Waals surface area (Å²) in [7, 11) is 4.17. The van der Waals surface area contributed by atoms with Crippen LogP contribution in [-0.4, -0.2) is 37.3 Å². The largest absolute Gasteiger partial charge is 0.494 e. The van der Waals surface area contributed by atoms with E-state index in [-0.39, 0.29) is 6.04 Å². The first-order valence-corrected chi connectivity index (χ1v) is 9.47. The number of anilines is 1. The van der Waals surface area contributed by atoms with Gasteiger partial charge in [-0.15, -0.1) is 0 Å². The highest BCUT2D eigenvalue weighted by Gasteiger charge is 2.14. The number of likely N-dealkylation sites (N-methyl/N-ethyl adjacent to an activating group) is 1. The summed E-state index contributed by atoms with van der Waals surface area (Å²) in [5.41, 5.74) is 3.58. The molecule has 0 radical (unpaired) electrons. The molecule has 0 amide bonds. The molecule has 2 rings (SSSR count). The van der Waals surface area contributed by atoms with Crippen LogP contribution in [0.3, 0.4) is 0 Å². The molecule has 0 saturated carbocycles. The Morgan fingerprint density at radius 1 is 1.04 bits per heavy atom. The SMILES string of the molecule is CCOc1ccc(NC(=S)NC[C@@H](c2ccc(CC)cc2)N(C)C)cc1. The number of hydrogen-bond acceptors (Lipinski definition) is 3. The van der Waals surface area contributed by atoms with Crippen molar-refractivity contribution in [1.82, 2.24) is 10.2 Å². The molecule has 1 atom stereocenters. The van der Waals surface area contributed by atoms with Crippen LogP contribution in [0.1, 0.15) is 31.0 Å². The summed E-state index contributed by atoms with van der Waals surface area (Å²) < 4.78 is 5.45. The Balaban J connectivity index is 1.92. The third kappa shape index (κ3) is 6.00. The lowest BCUT2D eigenvalue weighted by atomic mass is 10.0. The number of benzene rings is 2. The molecule has 5 heteroatoms. The summed E-state index contributed by atoms with van der Waals surface area (Å²) in [5, 5.41) is 7.17. The van der Waals surface area contributed by atoms with Crippen molar-refractivity contribution >= 4 is 23.0 Å². The number of rotatable bonds is 8. The number of ether oxygens (including phenoxy) is 1. The lowest BCUT2D eigenvalue weighted by Crippen LogP contribution is -2.36. The Morgan fingerprint density at radius 2 is 1.69 bits per heavy atom. The minimum Gasteiger partial charge on any atom is -0.494 e. The molecular formula is C21H29N3OS. The summed E-state index contributed by atoms with van der Waals surface area (Å²) in [6.45, 7) is 5.55. The van der Waals surface area contributed by atoms with Gasteiger partial charge in [0.1, 0.15) is 5.75 Å². The zero-order valence-corrected chi connectivity index (χ0v) is 16.9. The minimum absolute atomic E-state index is 0.251. The van der Waals surface area contributed by atoms with E-state index in [1.54, 1.807) is 0 Å². The highest BCUT2D eigenvalue weighted by Crippen LogP contribution is 2.19. The molecule has 4 nitrogen and oxygen atoms in total. The van der Waals surface area contributed by atoms with Gasteiger partial charge in [-0.2, -0.15) is 0 Å². The van der Waals surface area contributed by atoms with Crippen molar-refractivity contribution in [3.8, 4) is 5.75 Å². The van der Waals surface area contributed by atoms with Gasteiger partial charge in [-0.05, 0) is 75.1 Å². The van der Waals surface area contributed by atoms with Crippen molar-refractivity contribution in [2.75, 3.05) is 32.6 Å². The molecule has 2 aromatic carbocycles. The molecule has 0 saturated heterocycles. The van der Waals surface area contributed by atoms with Gasteiger partial charge in [-0.1, -0.05) is 31.2 Å². The van der Waals surface area contributed by atoms with Crippen molar-refractivity contribution in [1.29, 1.82) is 0 Å². The summed E-state index contributed by atoms with van der Waals surface area (Å²) in [4.78, 5) is 2.20. The number of nitrogens with one attached hydrogen (secondary N) is 2. The van der Waals surface area contributed by atoms with Gasteiger partial charge in [0.05, 0.1) is 12.6 Å². The fourth-order valence-electron chi connectivity index (χ4n) is 2.74. The second-order valence-corrected chi connectivity index (χ2v) is 6.78. The van der Waals surface area contributed by atoms with Crippen molar-refractivity contribution in [2.24, 2.45) is 0 Å². The van der Waals surface area contributed by atoms with Crippen molar-refractivity contribution in [3.05, 3.63) is 59.7 Å². The predicted molar refractivity (Wildman–Crippen MR) is 114 cm³/mol. The van der Waals surface area contributed by atoms with Crippen LogP contribution >= 0.6 is 12.2 Å². The van der Waals surface area contributed by atoms with E-state index in [2.05, 4.69) is 60.8 Å². The fraction of sp³-hybridized carbons (Fsp3) is 0.381. The second kappa shape index (κ2) is 10.1. The van der Waals surface area contributed by atoms with Gasteiger partial charge in [-0.25, -0.2) is 0 Å².